The lowest BCUT2D eigenvalue weighted by molar-refractivity contribution is -0.140. The van der Waals surface area contributed by atoms with E-state index >= 15 is 0 Å². The Balaban J connectivity index is 2.21. The van der Waals surface area contributed by atoms with Crippen molar-refractivity contribution in [1.29, 1.82) is 5.26 Å². The summed E-state index contributed by atoms with van der Waals surface area (Å²) in [5.74, 6) is -0.132. The lowest BCUT2D eigenvalue weighted by atomic mass is 9.90. The zero-order valence-electron chi connectivity index (χ0n) is 10.9. The summed E-state index contributed by atoms with van der Waals surface area (Å²) in [7, 11) is 0. The van der Waals surface area contributed by atoms with Crippen LogP contribution >= 0.6 is 0 Å². The number of rotatable bonds is 3. The molecule has 98 valence electrons. The second-order valence-corrected chi connectivity index (χ2v) is 5.45. The Kier molecular flexibility index (Phi) is 3.05. The van der Waals surface area contributed by atoms with Crippen LogP contribution in [0.15, 0.2) is 0 Å². The van der Waals surface area contributed by atoms with Crippen LogP contribution in [0.25, 0.3) is 0 Å². The Morgan fingerprint density at radius 3 is 2.72 bits per heavy atom. The molecule has 5 nitrogen and oxygen atoms in total. The summed E-state index contributed by atoms with van der Waals surface area (Å²) in [4.78, 5) is 23.1. The molecule has 2 aliphatic carbocycles. The maximum absolute atomic E-state index is 11.8. The molecule has 1 N–H and O–H groups in total. The summed E-state index contributed by atoms with van der Waals surface area (Å²) in [5.41, 5.74) is -0.195. The topological polar surface area (TPSA) is 79.2 Å². The Labute approximate surface area is 106 Å². The molecule has 0 aromatic carbocycles. The SMILES string of the molecule is CCC12C(NC(C)=O)CC(C)C1C2C(=O)OC#N. The first-order valence-corrected chi connectivity index (χ1v) is 6.35. The molecule has 2 aliphatic rings. The van der Waals surface area contributed by atoms with E-state index in [1.165, 1.54) is 13.2 Å². The van der Waals surface area contributed by atoms with Crippen molar-refractivity contribution >= 4 is 11.9 Å². The summed E-state index contributed by atoms with van der Waals surface area (Å²) >= 11 is 0. The normalized spacial score (nSPS) is 40.6. The van der Waals surface area contributed by atoms with Gasteiger partial charge in [-0.15, -0.1) is 5.26 Å². The standard InChI is InChI=1S/C13H18N2O3/c1-4-13-9(15-8(3)16)5-7(2)10(13)11(13)12(17)18-6-14/h7,9-11H,4-5H2,1-3H3,(H,15,16). The van der Waals surface area contributed by atoms with Gasteiger partial charge in [0.25, 0.3) is 6.26 Å². The molecule has 0 aliphatic heterocycles. The highest BCUT2D eigenvalue weighted by Gasteiger charge is 2.76. The van der Waals surface area contributed by atoms with Crippen molar-refractivity contribution in [2.45, 2.75) is 39.7 Å². The molecule has 18 heavy (non-hydrogen) atoms. The maximum atomic E-state index is 11.8. The molecular formula is C13H18N2O3. The molecule has 0 spiro atoms. The predicted octanol–water partition coefficient (Wildman–Crippen LogP) is 1.20. The molecule has 5 unspecified atom stereocenters. The Morgan fingerprint density at radius 2 is 2.22 bits per heavy atom. The Morgan fingerprint density at radius 1 is 1.56 bits per heavy atom. The van der Waals surface area contributed by atoms with Crippen molar-refractivity contribution in [3.8, 4) is 6.26 Å². The minimum absolute atomic E-state index is 0.0243. The van der Waals surface area contributed by atoms with E-state index in [9.17, 15) is 9.59 Å². The fourth-order valence-electron chi connectivity index (χ4n) is 4.15. The van der Waals surface area contributed by atoms with Gasteiger partial charge in [0.05, 0.1) is 5.92 Å². The summed E-state index contributed by atoms with van der Waals surface area (Å²) in [5, 5.41) is 11.4. The van der Waals surface area contributed by atoms with E-state index in [0.29, 0.717) is 5.92 Å². The van der Waals surface area contributed by atoms with Crippen LogP contribution in [0.1, 0.15) is 33.6 Å². The fourth-order valence-corrected chi connectivity index (χ4v) is 4.15. The largest absolute Gasteiger partial charge is 0.353 e. The number of amides is 1. The van der Waals surface area contributed by atoms with Crippen LogP contribution in [0.5, 0.6) is 0 Å². The van der Waals surface area contributed by atoms with Crippen LogP contribution in [0.4, 0.5) is 0 Å². The van der Waals surface area contributed by atoms with E-state index in [4.69, 9.17) is 5.26 Å². The second-order valence-electron chi connectivity index (χ2n) is 5.45. The highest BCUT2D eigenvalue weighted by Crippen LogP contribution is 2.72. The third-order valence-corrected chi connectivity index (χ3v) is 4.71. The van der Waals surface area contributed by atoms with Gasteiger partial charge in [-0.05, 0) is 24.7 Å². The summed E-state index contributed by atoms with van der Waals surface area (Å²) < 4.78 is 4.48. The fraction of sp³-hybridized carbons (Fsp3) is 0.769. The number of esters is 1. The molecular weight excluding hydrogens is 232 g/mol. The first kappa shape index (κ1) is 12.9. The van der Waals surface area contributed by atoms with Crippen molar-refractivity contribution in [2.24, 2.45) is 23.2 Å². The van der Waals surface area contributed by atoms with Gasteiger partial charge in [-0.2, -0.15) is 0 Å². The molecule has 5 heteroatoms. The van der Waals surface area contributed by atoms with Crippen molar-refractivity contribution < 1.29 is 14.3 Å². The minimum atomic E-state index is -0.439. The van der Waals surface area contributed by atoms with E-state index in [2.05, 4.69) is 17.0 Å². The second kappa shape index (κ2) is 4.27. The molecule has 2 rings (SSSR count). The van der Waals surface area contributed by atoms with Crippen molar-refractivity contribution in [1.82, 2.24) is 5.32 Å². The van der Waals surface area contributed by atoms with Crippen LogP contribution in [-0.4, -0.2) is 17.9 Å². The first-order chi connectivity index (χ1) is 8.48. The van der Waals surface area contributed by atoms with Gasteiger partial charge < -0.3 is 10.1 Å². The van der Waals surface area contributed by atoms with E-state index in [0.717, 1.165) is 12.8 Å². The van der Waals surface area contributed by atoms with Gasteiger partial charge in [-0.3, -0.25) is 9.59 Å². The highest BCUT2D eigenvalue weighted by atomic mass is 16.5. The van der Waals surface area contributed by atoms with E-state index in [1.54, 1.807) is 0 Å². The van der Waals surface area contributed by atoms with E-state index < -0.39 is 5.97 Å². The molecule has 0 aromatic heterocycles. The van der Waals surface area contributed by atoms with Crippen molar-refractivity contribution in [3.63, 3.8) is 0 Å². The number of nitrogens with one attached hydrogen (secondary N) is 1. The molecule has 0 bridgehead atoms. The first-order valence-electron chi connectivity index (χ1n) is 6.35. The number of hydrogen-bond acceptors (Lipinski definition) is 4. The number of nitriles is 1. The van der Waals surface area contributed by atoms with Crippen LogP contribution in [0.2, 0.25) is 0 Å². The summed E-state index contributed by atoms with van der Waals surface area (Å²) in [6.45, 7) is 5.61. The molecule has 1 amide bonds. The van der Waals surface area contributed by atoms with Crippen LogP contribution in [0.3, 0.4) is 0 Å². The molecule has 0 saturated heterocycles. The molecule has 0 heterocycles. The van der Waals surface area contributed by atoms with Gasteiger partial charge in [0.15, 0.2) is 0 Å². The zero-order chi connectivity index (χ0) is 13.5. The molecule has 2 fully saturated rings. The van der Waals surface area contributed by atoms with Crippen LogP contribution < -0.4 is 5.32 Å². The lowest BCUT2D eigenvalue weighted by Gasteiger charge is -2.24. The monoisotopic (exact) mass is 250 g/mol. The smallest absolute Gasteiger partial charge is 0.325 e. The number of hydrogen-bond donors (Lipinski definition) is 1. The van der Waals surface area contributed by atoms with E-state index in [-0.39, 0.29) is 29.2 Å². The number of carbonyl (C=O) groups is 2. The molecule has 0 aromatic rings. The van der Waals surface area contributed by atoms with Gasteiger partial charge in [0.1, 0.15) is 0 Å². The summed E-state index contributed by atoms with van der Waals surface area (Å²) in [6, 6.07) is 0.0243. The number of fused-ring (bicyclic) bond motifs is 1. The average molecular weight is 250 g/mol. The quantitative estimate of drug-likeness (QED) is 0.603. The Hall–Kier alpha value is -1.57. The average Bonchev–Trinajstić information content (AvgIpc) is 2.90. The van der Waals surface area contributed by atoms with Gasteiger partial charge >= 0.3 is 5.97 Å². The van der Waals surface area contributed by atoms with Crippen molar-refractivity contribution in [3.05, 3.63) is 0 Å². The highest BCUT2D eigenvalue weighted by molar-refractivity contribution is 5.80. The minimum Gasteiger partial charge on any atom is -0.353 e. The lowest BCUT2D eigenvalue weighted by Crippen LogP contribution is -2.40. The third-order valence-electron chi connectivity index (χ3n) is 4.71. The van der Waals surface area contributed by atoms with Gasteiger partial charge in [0.2, 0.25) is 5.91 Å². The molecule has 0 radical (unpaired) electrons. The number of nitrogens with zero attached hydrogens (tertiary/aromatic N) is 1. The van der Waals surface area contributed by atoms with Gasteiger partial charge in [-0.1, -0.05) is 13.8 Å². The molecule has 5 atom stereocenters. The molecule has 2 saturated carbocycles. The summed E-state index contributed by atoms with van der Waals surface area (Å²) in [6.07, 6.45) is 3.17. The third kappa shape index (κ3) is 1.59. The van der Waals surface area contributed by atoms with Gasteiger partial charge in [0, 0.05) is 18.4 Å². The van der Waals surface area contributed by atoms with Gasteiger partial charge in [-0.25, -0.2) is 0 Å². The predicted molar refractivity (Wildman–Crippen MR) is 62.8 cm³/mol. The van der Waals surface area contributed by atoms with Crippen LogP contribution in [-0.2, 0) is 14.3 Å². The van der Waals surface area contributed by atoms with Crippen molar-refractivity contribution in [2.75, 3.05) is 0 Å². The van der Waals surface area contributed by atoms with E-state index in [1.807, 2.05) is 6.92 Å². The zero-order valence-corrected chi connectivity index (χ0v) is 10.9. The van der Waals surface area contributed by atoms with Crippen LogP contribution in [0, 0.1) is 34.7 Å². The maximum Gasteiger partial charge on any atom is 0.325 e. The number of carbonyl (C=O) groups excluding carboxylic acids is 2. The Bertz CT molecular complexity index is 428. The number of ether oxygens (including phenoxy) is 1.